The molecule has 0 saturated carbocycles. The molecule has 1 aliphatic rings. The van der Waals surface area contributed by atoms with Crippen LogP contribution in [0, 0.1) is 22.7 Å². The average Bonchev–Trinajstić information content (AvgIpc) is 3.14. The third kappa shape index (κ3) is 14.5. The van der Waals surface area contributed by atoms with Crippen molar-refractivity contribution in [3.05, 3.63) is 70.5 Å². The van der Waals surface area contributed by atoms with Gasteiger partial charge in [-0.05, 0) is 61.1 Å². The molecule has 1 atom stereocenters. The van der Waals surface area contributed by atoms with Crippen LogP contribution in [0.2, 0.25) is 5.15 Å². The van der Waals surface area contributed by atoms with E-state index < -0.39 is 5.91 Å². The van der Waals surface area contributed by atoms with E-state index in [0.717, 1.165) is 80.3 Å². The van der Waals surface area contributed by atoms with Gasteiger partial charge in [0.25, 0.3) is 5.91 Å². The first kappa shape index (κ1) is 45.2. The number of nitrogens with zero attached hydrogens (tertiary/aromatic N) is 5. The van der Waals surface area contributed by atoms with Crippen molar-refractivity contribution in [2.75, 3.05) is 50.9 Å². The Morgan fingerprint density at radius 1 is 0.833 bits per heavy atom. The van der Waals surface area contributed by atoms with Gasteiger partial charge in [-0.3, -0.25) is 14.4 Å². The van der Waals surface area contributed by atoms with E-state index in [4.69, 9.17) is 43.1 Å². The lowest BCUT2D eigenvalue weighted by atomic mass is 9.99. The molecule has 3 aromatic rings. The van der Waals surface area contributed by atoms with Crippen molar-refractivity contribution in [1.29, 1.82) is 10.5 Å². The molecule has 2 aromatic carbocycles. The van der Waals surface area contributed by atoms with Crippen molar-refractivity contribution in [2.24, 2.45) is 0 Å². The average molecular weight is 782 g/mol. The summed E-state index contributed by atoms with van der Waals surface area (Å²) in [4.78, 5) is 45.0. The first-order valence-electron chi connectivity index (χ1n) is 17.5. The van der Waals surface area contributed by atoms with E-state index in [2.05, 4.69) is 15.3 Å². The quantitative estimate of drug-likeness (QED) is 0.142. The number of Topliss-reactive ketones (excluding diaryl/α,β-unsaturated/α-hetero) is 2. The molecule has 5 N–H and O–H groups in total. The highest BCUT2D eigenvalue weighted by molar-refractivity contribution is 6.31. The molecule has 290 valence electrons. The molecule has 2 heterocycles. The number of carbonyl (C=O) groups excluding carboxylic acids is 3. The van der Waals surface area contributed by atoms with Gasteiger partial charge in [-0.25, -0.2) is 9.97 Å². The van der Waals surface area contributed by atoms with Gasteiger partial charge in [0.05, 0.1) is 44.4 Å². The zero-order chi connectivity index (χ0) is 37.3. The molecule has 1 amide bonds. The molecule has 0 aliphatic carbocycles. The van der Waals surface area contributed by atoms with Crippen molar-refractivity contribution < 1.29 is 40.7 Å². The number of quaternary nitrogens is 1. The normalized spacial score (nSPS) is 14.2. The van der Waals surface area contributed by atoms with Gasteiger partial charge in [-0.2, -0.15) is 10.5 Å². The summed E-state index contributed by atoms with van der Waals surface area (Å²) in [6.07, 6.45) is 6.08. The van der Waals surface area contributed by atoms with Gasteiger partial charge in [0.2, 0.25) is 0 Å². The molecule has 0 bridgehead atoms. The maximum Gasteiger partial charge on any atom is 0.274 e. The lowest BCUT2D eigenvalue weighted by Gasteiger charge is -2.45. The molecule has 0 spiro atoms. The Morgan fingerprint density at radius 2 is 1.33 bits per heavy atom. The number of likely N-dealkylation sites (tertiary alicyclic amines) is 1. The van der Waals surface area contributed by atoms with Crippen LogP contribution < -0.4 is 38.7 Å². The summed E-state index contributed by atoms with van der Waals surface area (Å²) in [6, 6.07) is 19.4. The molecule has 13 nitrogen and oxygen atoms in total. The van der Waals surface area contributed by atoms with Crippen LogP contribution >= 0.6 is 11.6 Å². The zero-order valence-electron chi connectivity index (χ0n) is 29.7. The molecule has 1 saturated heterocycles. The van der Waals surface area contributed by atoms with Gasteiger partial charge in [-0.15, -0.1) is 0 Å². The summed E-state index contributed by atoms with van der Waals surface area (Å²) >= 11 is 6.04. The van der Waals surface area contributed by atoms with E-state index >= 15 is 0 Å². The molecule has 1 aliphatic heterocycles. The highest BCUT2D eigenvalue weighted by Gasteiger charge is 2.35. The number of aromatic nitrogens is 2. The molecule has 1 aromatic heterocycles. The fraction of sp³-hybridized carbons (Fsp3) is 0.462. The molecule has 0 radical (unpaired) electrons. The number of rotatable bonds is 20. The number of benzene rings is 2. The lowest BCUT2D eigenvalue weighted by Crippen LogP contribution is -3.00. The predicted octanol–water partition coefficient (Wildman–Crippen LogP) is 2.41. The SMILES string of the molecule is C.N#CCCC(=O)COc1ccc(CCC[N+]2(CCCc3ccc(OCC(=O)CCC#N)cc3)CCC[C@H](NC(=O)c3nc(Cl)c(N)nc3N)C2)cc1.[Cl-]. The van der Waals surface area contributed by atoms with Crippen LogP contribution in [0.3, 0.4) is 0 Å². The maximum absolute atomic E-state index is 13.2. The largest absolute Gasteiger partial charge is 1.00 e. The monoisotopic (exact) mass is 780 g/mol. The number of halogens is 2. The van der Waals surface area contributed by atoms with Crippen molar-refractivity contribution in [3.63, 3.8) is 0 Å². The van der Waals surface area contributed by atoms with Crippen LogP contribution in [-0.2, 0) is 22.4 Å². The summed E-state index contributed by atoms with van der Waals surface area (Å²) in [7, 11) is 0. The number of nitrogens with two attached hydrogens (primary N) is 2. The zero-order valence-corrected chi connectivity index (χ0v) is 31.2. The molecule has 15 heteroatoms. The van der Waals surface area contributed by atoms with E-state index in [-0.39, 0.29) is 98.8 Å². The second-order valence-corrected chi connectivity index (χ2v) is 13.5. The number of anilines is 2. The van der Waals surface area contributed by atoms with Gasteiger partial charge in [0, 0.05) is 38.5 Å². The Labute approximate surface area is 329 Å². The van der Waals surface area contributed by atoms with E-state index in [0.29, 0.717) is 11.5 Å². The van der Waals surface area contributed by atoms with Crippen molar-refractivity contribution in [3.8, 4) is 23.6 Å². The predicted molar refractivity (Wildman–Crippen MR) is 203 cm³/mol. The fourth-order valence-corrected chi connectivity index (χ4v) is 6.55. The summed E-state index contributed by atoms with van der Waals surface area (Å²) in [6.45, 7) is 3.47. The lowest BCUT2D eigenvalue weighted by molar-refractivity contribution is -0.933. The van der Waals surface area contributed by atoms with Crippen molar-refractivity contribution >= 4 is 40.7 Å². The van der Waals surface area contributed by atoms with Gasteiger partial charge in [0.1, 0.15) is 24.7 Å². The molecule has 0 unspecified atom stereocenters. The maximum atomic E-state index is 13.2. The van der Waals surface area contributed by atoms with Crippen LogP contribution in [-0.4, -0.2) is 77.4 Å². The van der Waals surface area contributed by atoms with Gasteiger partial charge in [0.15, 0.2) is 34.0 Å². The number of piperidine rings is 1. The minimum Gasteiger partial charge on any atom is -1.00 e. The highest BCUT2D eigenvalue weighted by Crippen LogP contribution is 2.25. The Hall–Kier alpha value is -4.95. The summed E-state index contributed by atoms with van der Waals surface area (Å²) in [5, 5.41) is 20.4. The third-order valence-electron chi connectivity index (χ3n) is 9.12. The fourth-order valence-electron chi connectivity index (χ4n) is 6.43. The third-order valence-corrected chi connectivity index (χ3v) is 9.40. The second-order valence-electron chi connectivity index (χ2n) is 13.1. The van der Waals surface area contributed by atoms with Crippen LogP contribution in [0.15, 0.2) is 48.5 Å². The molecule has 54 heavy (non-hydrogen) atoms. The summed E-state index contributed by atoms with van der Waals surface area (Å²) in [5.74, 6) is 0.490. The number of amides is 1. The topological polar surface area (TPSA) is 207 Å². The van der Waals surface area contributed by atoms with Crippen LogP contribution in [0.5, 0.6) is 11.5 Å². The second kappa shape index (κ2) is 23.0. The Balaban J connectivity index is 0.00000504. The van der Waals surface area contributed by atoms with E-state index in [1.54, 1.807) is 0 Å². The molecular formula is C39H50Cl2N8O5. The molecule has 4 rings (SSSR count). The summed E-state index contributed by atoms with van der Waals surface area (Å²) < 4.78 is 12.0. The van der Waals surface area contributed by atoms with E-state index in [1.807, 2.05) is 60.7 Å². The van der Waals surface area contributed by atoms with Gasteiger partial charge >= 0.3 is 0 Å². The van der Waals surface area contributed by atoms with Crippen LogP contribution in [0.1, 0.15) is 80.4 Å². The Bertz CT molecular complexity index is 1680. The van der Waals surface area contributed by atoms with Gasteiger partial charge < -0.3 is 43.1 Å². The van der Waals surface area contributed by atoms with Crippen LogP contribution in [0.25, 0.3) is 0 Å². The standard InChI is InChI=1S/C38H45ClN8O5.CH4.ClH/c39-35-37(43)46-36(42)34(45-35)38(50)44-29-8-5-23-47(24-29,21-3-6-27-11-15-32(16-12-27)51-25-30(48)9-1-19-40)22-4-7-28-13-17-33(18-14-28)52-26-31(49)10-2-20-41;;/h11-18,29H,1-10,21-26H2,(H4-,42,43,44,46,50);1H4;1H/t29-;;/m0../s1. The number of ether oxygens (including phenoxy) is 2. The number of hydrogen-bond acceptors (Lipinski definition) is 11. The first-order chi connectivity index (χ1) is 25.1. The first-order valence-corrected chi connectivity index (χ1v) is 17.9. The number of aryl methyl sites for hydroxylation is 2. The van der Waals surface area contributed by atoms with E-state index in [9.17, 15) is 14.4 Å². The number of nitrogen functional groups attached to an aromatic ring is 2. The molecule has 1 fully saturated rings. The van der Waals surface area contributed by atoms with Crippen molar-refractivity contribution in [1.82, 2.24) is 15.3 Å². The smallest absolute Gasteiger partial charge is 0.274 e. The minimum atomic E-state index is -0.431. The molecular weight excluding hydrogens is 731 g/mol. The number of nitrogens with one attached hydrogen (secondary N) is 1. The minimum absolute atomic E-state index is 0. The Morgan fingerprint density at radius 3 is 1.81 bits per heavy atom. The van der Waals surface area contributed by atoms with Crippen molar-refractivity contribution in [2.45, 2.75) is 77.7 Å². The van der Waals surface area contributed by atoms with E-state index in [1.165, 1.54) is 0 Å². The van der Waals surface area contributed by atoms with Gasteiger partial charge in [-0.1, -0.05) is 43.3 Å². The summed E-state index contributed by atoms with van der Waals surface area (Å²) in [5.41, 5.74) is 13.9. The Kier molecular flexibility index (Phi) is 19.2. The number of carbonyl (C=O) groups is 3. The number of nitriles is 2. The number of ketones is 2. The number of hydrogen-bond donors (Lipinski definition) is 3. The van der Waals surface area contributed by atoms with Crippen LogP contribution in [0.4, 0.5) is 11.6 Å². The highest BCUT2D eigenvalue weighted by atomic mass is 35.5.